The quantitative estimate of drug-likeness (QED) is 0.138. The summed E-state index contributed by atoms with van der Waals surface area (Å²) in [6.07, 6.45) is 1.62. The van der Waals surface area contributed by atoms with Crippen molar-refractivity contribution in [2.75, 3.05) is 18.5 Å². The number of amides is 1. The van der Waals surface area contributed by atoms with Gasteiger partial charge in [-0.2, -0.15) is 5.10 Å². The standard InChI is InChI=1S/C32H30N4O3S/c1-4-38-26-16-12-22-13-17-30(39-5-2)28(27(22)18-26)19-33-36-31(37)24-10-8-23(9-11-24)29-20-40-32(35-29)34-25-14-6-21(3)7-15-25/h6-20H,4-5H2,1-3H3,(H,34,35)(H,36,37)/b33-19-. The van der Waals surface area contributed by atoms with Crippen LogP contribution in [0.5, 0.6) is 11.5 Å². The average molecular weight is 551 g/mol. The van der Waals surface area contributed by atoms with Crippen LogP contribution >= 0.6 is 11.3 Å². The Hall–Kier alpha value is -4.69. The predicted octanol–water partition coefficient (Wildman–Crippen LogP) is 7.58. The number of benzene rings is 4. The van der Waals surface area contributed by atoms with Crippen LogP contribution in [0.2, 0.25) is 0 Å². The fourth-order valence-corrected chi connectivity index (χ4v) is 4.95. The molecule has 0 aliphatic heterocycles. The molecule has 1 amide bonds. The maximum absolute atomic E-state index is 12.8. The zero-order valence-electron chi connectivity index (χ0n) is 22.6. The van der Waals surface area contributed by atoms with E-state index in [1.807, 2.05) is 73.8 Å². The van der Waals surface area contributed by atoms with Crippen LogP contribution in [-0.4, -0.2) is 30.3 Å². The molecular formula is C32H30N4O3S. The summed E-state index contributed by atoms with van der Waals surface area (Å²) in [7, 11) is 0. The number of carbonyl (C=O) groups is 1. The third kappa shape index (κ3) is 6.30. The molecule has 0 saturated heterocycles. The van der Waals surface area contributed by atoms with Gasteiger partial charge in [-0.25, -0.2) is 10.4 Å². The fourth-order valence-electron chi connectivity index (χ4n) is 4.21. The summed E-state index contributed by atoms with van der Waals surface area (Å²) >= 11 is 1.53. The lowest BCUT2D eigenvalue weighted by Crippen LogP contribution is -2.17. The predicted molar refractivity (Wildman–Crippen MR) is 163 cm³/mol. The number of fused-ring (bicyclic) bond motifs is 1. The molecule has 1 heterocycles. The van der Waals surface area contributed by atoms with E-state index in [9.17, 15) is 4.79 Å². The van der Waals surface area contributed by atoms with Gasteiger partial charge in [0.1, 0.15) is 11.5 Å². The van der Waals surface area contributed by atoms with E-state index in [2.05, 4.69) is 39.9 Å². The maximum atomic E-state index is 12.8. The summed E-state index contributed by atoms with van der Waals surface area (Å²) in [4.78, 5) is 17.5. The van der Waals surface area contributed by atoms with Crippen molar-refractivity contribution >= 4 is 45.0 Å². The zero-order chi connectivity index (χ0) is 27.9. The van der Waals surface area contributed by atoms with E-state index in [1.165, 1.54) is 16.9 Å². The second-order valence-corrected chi connectivity index (χ2v) is 9.89. The van der Waals surface area contributed by atoms with Crippen LogP contribution in [0.4, 0.5) is 10.8 Å². The molecule has 5 aromatic rings. The molecule has 1 aromatic heterocycles. The molecule has 0 unspecified atom stereocenters. The number of carbonyl (C=O) groups excluding carboxylic acids is 1. The summed E-state index contributed by atoms with van der Waals surface area (Å²) in [5, 5.41) is 12.3. The van der Waals surface area contributed by atoms with Gasteiger partial charge in [-0.1, -0.05) is 42.0 Å². The monoisotopic (exact) mass is 550 g/mol. The molecule has 202 valence electrons. The molecule has 2 N–H and O–H groups in total. The lowest BCUT2D eigenvalue weighted by atomic mass is 10.0. The van der Waals surface area contributed by atoms with Gasteiger partial charge in [0.25, 0.3) is 5.91 Å². The van der Waals surface area contributed by atoms with Crippen molar-refractivity contribution in [3.63, 3.8) is 0 Å². The first-order valence-corrected chi connectivity index (χ1v) is 14.0. The van der Waals surface area contributed by atoms with E-state index >= 15 is 0 Å². The van der Waals surface area contributed by atoms with E-state index < -0.39 is 0 Å². The van der Waals surface area contributed by atoms with E-state index in [-0.39, 0.29) is 5.91 Å². The third-order valence-electron chi connectivity index (χ3n) is 6.22. The highest BCUT2D eigenvalue weighted by atomic mass is 32.1. The maximum Gasteiger partial charge on any atom is 0.271 e. The second-order valence-electron chi connectivity index (χ2n) is 9.03. The molecule has 5 rings (SSSR count). The Bertz CT molecular complexity index is 1640. The number of nitrogens with zero attached hydrogens (tertiary/aromatic N) is 2. The van der Waals surface area contributed by atoms with Gasteiger partial charge in [0.2, 0.25) is 0 Å². The van der Waals surface area contributed by atoms with Crippen molar-refractivity contribution < 1.29 is 14.3 Å². The number of aryl methyl sites for hydroxylation is 1. The van der Waals surface area contributed by atoms with Crippen LogP contribution in [-0.2, 0) is 0 Å². The fraction of sp³-hybridized carbons (Fsp3) is 0.156. The van der Waals surface area contributed by atoms with E-state index in [1.54, 1.807) is 18.3 Å². The Morgan fingerprint density at radius 1 is 0.950 bits per heavy atom. The molecule has 0 atom stereocenters. The minimum absolute atomic E-state index is 0.309. The average Bonchev–Trinajstić information content (AvgIpc) is 3.44. The third-order valence-corrected chi connectivity index (χ3v) is 6.97. The first-order chi connectivity index (χ1) is 19.5. The van der Waals surface area contributed by atoms with Gasteiger partial charge in [0.05, 0.1) is 25.1 Å². The van der Waals surface area contributed by atoms with Crippen LogP contribution in [0.3, 0.4) is 0 Å². The number of nitrogens with one attached hydrogen (secondary N) is 2. The van der Waals surface area contributed by atoms with E-state index in [0.29, 0.717) is 24.5 Å². The van der Waals surface area contributed by atoms with Gasteiger partial charge in [0, 0.05) is 27.8 Å². The van der Waals surface area contributed by atoms with Crippen molar-refractivity contribution in [3.05, 3.63) is 101 Å². The Morgan fingerprint density at radius 2 is 1.70 bits per heavy atom. The molecule has 8 heteroatoms. The van der Waals surface area contributed by atoms with Crippen molar-refractivity contribution in [2.45, 2.75) is 20.8 Å². The highest BCUT2D eigenvalue weighted by molar-refractivity contribution is 7.14. The molecular weight excluding hydrogens is 520 g/mol. The first kappa shape index (κ1) is 26.9. The molecule has 0 bridgehead atoms. The number of hydrogen-bond donors (Lipinski definition) is 2. The van der Waals surface area contributed by atoms with Crippen molar-refractivity contribution in [1.82, 2.24) is 10.4 Å². The van der Waals surface area contributed by atoms with Crippen LogP contribution in [0.25, 0.3) is 22.0 Å². The highest BCUT2D eigenvalue weighted by Gasteiger charge is 2.11. The van der Waals surface area contributed by atoms with Crippen molar-refractivity contribution in [1.29, 1.82) is 0 Å². The zero-order valence-corrected chi connectivity index (χ0v) is 23.4. The Balaban J connectivity index is 1.28. The van der Waals surface area contributed by atoms with E-state index in [0.717, 1.165) is 44.2 Å². The summed E-state index contributed by atoms with van der Waals surface area (Å²) in [6.45, 7) is 7.02. The molecule has 0 aliphatic rings. The summed E-state index contributed by atoms with van der Waals surface area (Å²) in [5.41, 5.74) is 7.87. The Kier molecular flexibility index (Phi) is 8.37. The van der Waals surface area contributed by atoms with Gasteiger partial charge in [0.15, 0.2) is 5.13 Å². The molecule has 7 nitrogen and oxygen atoms in total. The number of hydrogen-bond acceptors (Lipinski definition) is 7. The number of thiazole rings is 1. The van der Waals surface area contributed by atoms with Gasteiger partial charge in [-0.3, -0.25) is 4.79 Å². The summed E-state index contributed by atoms with van der Waals surface area (Å²) < 4.78 is 11.5. The SMILES string of the molecule is CCOc1ccc2ccc(OCC)c(/C=N\NC(=O)c3ccc(-c4csc(Nc5ccc(C)cc5)n4)cc3)c2c1. The normalized spacial score (nSPS) is 11.1. The minimum Gasteiger partial charge on any atom is -0.494 e. The smallest absolute Gasteiger partial charge is 0.271 e. The van der Waals surface area contributed by atoms with Gasteiger partial charge >= 0.3 is 0 Å². The minimum atomic E-state index is -0.309. The topological polar surface area (TPSA) is 84.8 Å². The summed E-state index contributed by atoms with van der Waals surface area (Å²) in [6, 6.07) is 25.3. The molecule has 0 radical (unpaired) electrons. The van der Waals surface area contributed by atoms with Gasteiger partial charge < -0.3 is 14.8 Å². The van der Waals surface area contributed by atoms with Gasteiger partial charge in [-0.05, 0) is 74.0 Å². The number of rotatable bonds is 10. The van der Waals surface area contributed by atoms with Crippen molar-refractivity contribution in [3.8, 4) is 22.8 Å². The largest absolute Gasteiger partial charge is 0.494 e. The highest BCUT2D eigenvalue weighted by Crippen LogP contribution is 2.30. The Morgan fingerprint density at radius 3 is 2.45 bits per heavy atom. The molecule has 40 heavy (non-hydrogen) atoms. The Labute approximate surface area is 237 Å². The number of ether oxygens (including phenoxy) is 2. The van der Waals surface area contributed by atoms with E-state index in [4.69, 9.17) is 9.47 Å². The number of aromatic nitrogens is 1. The number of hydrazone groups is 1. The molecule has 0 saturated carbocycles. The van der Waals surface area contributed by atoms with Crippen LogP contribution in [0, 0.1) is 6.92 Å². The molecule has 0 aliphatic carbocycles. The van der Waals surface area contributed by atoms with Crippen LogP contribution in [0.15, 0.2) is 89.3 Å². The molecule has 0 fully saturated rings. The van der Waals surface area contributed by atoms with Gasteiger partial charge in [-0.15, -0.1) is 11.3 Å². The molecule has 4 aromatic carbocycles. The van der Waals surface area contributed by atoms with Crippen LogP contribution < -0.4 is 20.2 Å². The second kappa shape index (κ2) is 12.4. The molecule has 0 spiro atoms. The first-order valence-electron chi connectivity index (χ1n) is 13.1. The lowest BCUT2D eigenvalue weighted by Gasteiger charge is -2.12. The number of anilines is 2. The lowest BCUT2D eigenvalue weighted by molar-refractivity contribution is 0.0955. The summed E-state index contributed by atoms with van der Waals surface area (Å²) in [5.74, 6) is 1.14. The van der Waals surface area contributed by atoms with Crippen LogP contribution in [0.1, 0.15) is 35.3 Å². The van der Waals surface area contributed by atoms with Crippen molar-refractivity contribution in [2.24, 2.45) is 5.10 Å².